The van der Waals surface area contributed by atoms with Gasteiger partial charge in [-0.15, -0.1) is 0 Å². The molecule has 8 heteroatoms. The number of hydrogen-bond acceptors (Lipinski definition) is 6. The highest BCUT2D eigenvalue weighted by Gasteiger charge is 2.27. The Hall–Kier alpha value is -3.00. The van der Waals surface area contributed by atoms with Gasteiger partial charge in [-0.2, -0.15) is 0 Å². The van der Waals surface area contributed by atoms with Gasteiger partial charge in [-0.05, 0) is 24.4 Å². The van der Waals surface area contributed by atoms with Crippen LogP contribution in [-0.2, 0) is 9.53 Å². The van der Waals surface area contributed by atoms with Gasteiger partial charge in [-0.1, -0.05) is 18.2 Å². The van der Waals surface area contributed by atoms with E-state index >= 15 is 0 Å². The van der Waals surface area contributed by atoms with Crippen LogP contribution in [0.15, 0.2) is 34.1 Å². The van der Waals surface area contributed by atoms with Crippen molar-refractivity contribution in [3.05, 3.63) is 50.5 Å². The predicted molar refractivity (Wildman–Crippen MR) is 87.3 cm³/mol. The van der Waals surface area contributed by atoms with Gasteiger partial charge in [-0.3, -0.25) is 9.78 Å². The van der Waals surface area contributed by atoms with E-state index in [4.69, 9.17) is 17.0 Å². The van der Waals surface area contributed by atoms with E-state index in [0.717, 1.165) is 0 Å². The second-order valence-electron chi connectivity index (χ2n) is 4.70. The zero-order valence-electron chi connectivity index (χ0n) is 11.9. The zero-order chi connectivity index (χ0) is 16.6. The van der Waals surface area contributed by atoms with E-state index in [1.165, 1.54) is 13.2 Å². The van der Waals surface area contributed by atoms with Crippen LogP contribution in [0.3, 0.4) is 0 Å². The molecule has 23 heavy (non-hydrogen) atoms. The van der Waals surface area contributed by atoms with Crippen LogP contribution in [0.4, 0.5) is 5.69 Å². The zero-order valence-corrected chi connectivity index (χ0v) is 12.7. The average molecular weight is 329 g/mol. The largest absolute Gasteiger partial charge is 0.494 e. The molecule has 3 N–H and O–H groups in total. The van der Waals surface area contributed by atoms with E-state index in [0.29, 0.717) is 16.8 Å². The van der Waals surface area contributed by atoms with Crippen LogP contribution in [0, 0.1) is 4.77 Å². The summed E-state index contributed by atoms with van der Waals surface area (Å²) in [5.41, 5.74) is 1.07. The van der Waals surface area contributed by atoms with Gasteiger partial charge in [0.15, 0.2) is 10.5 Å². The topological polar surface area (TPSA) is 108 Å². The lowest BCUT2D eigenvalue weighted by Crippen LogP contribution is -2.16. The number of fused-ring (bicyclic) bond motifs is 1. The first-order valence-electron chi connectivity index (χ1n) is 6.55. The third kappa shape index (κ3) is 2.59. The van der Waals surface area contributed by atoms with Crippen molar-refractivity contribution in [2.45, 2.75) is 0 Å². The number of aliphatic imine (C=N–C) groups is 1. The van der Waals surface area contributed by atoms with Crippen LogP contribution in [0.1, 0.15) is 11.1 Å². The Labute approximate surface area is 135 Å². The van der Waals surface area contributed by atoms with Gasteiger partial charge in [0.1, 0.15) is 5.56 Å². The summed E-state index contributed by atoms with van der Waals surface area (Å²) in [4.78, 5) is 33.0. The van der Waals surface area contributed by atoms with E-state index in [1.807, 2.05) is 0 Å². The number of methoxy groups -OCH3 is 1. The Morgan fingerprint density at radius 1 is 1.35 bits per heavy atom. The van der Waals surface area contributed by atoms with E-state index in [-0.39, 0.29) is 21.9 Å². The Kier molecular flexibility index (Phi) is 3.67. The average Bonchev–Trinajstić information content (AvgIpc) is 2.88. The van der Waals surface area contributed by atoms with Crippen molar-refractivity contribution in [3.8, 4) is 5.88 Å². The first kappa shape index (κ1) is 14.9. The van der Waals surface area contributed by atoms with E-state index in [1.54, 1.807) is 24.3 Å². The molecule has 116 valence electrons. The predicted octanol–water partition coefficient (Wildman–Crippen LogP) is 1.94. The molecule has 0 fully saturated rings. The number of nitrogens with one attached hydrogen (secondary N) is 2. The fraction of sp³-hybridized carbons (Fsp3) is 0.0667. The highest BCUT2D eigenvalue weighted by molar-refractivity contribution is 7.71. The molecule has 0 unspecified atom stereocenters. The number of aromatic nitrogens is 2. The quantitative estimate of drug-likeness (QED) is 0.576. The van der Waals surface area contributed by atoms with Crippen LogP contribution in [0.25, 0.3) is 11.6 Å². The number of hydrogen-bond donors (Lipinski definition) is 3. The van der Waals surface area contributed by atoms with Crippen molar-refractivity contribution in [1.29, 1.82) is 0 Å². The van der Waals surface area contributed by atoms with Gasteiger partial charge < -0.3 is 14.8 Å². The van der Waals surface area contributed by atoms with Gasteiger partial charge in [0.05, 0.1) is 12.8 Å². The summed E-state index contributed by atoms with van der Waals surface area (Å²) in [5, 5.41) is 9.92. The minimum absolute atomic E-state index is 0.00308. The number of carbonyl (C=O) groups is 1. The maximum absolute atomic E-state index is 12.0. The number of carbonyl (C=O) groups excluding carboxylic acids is 1. The summed E-state index contributed by atoms with van der Waals surface area (Å²) in [7, 11) is 1.25. The van der Waals surface area contributed by atoms with Gasteiger partial charge in [0.25, 0.3) is 5.56 Å². The molecule has 0 saturated heterocycles. The molecule has 7 nitrogen and oxygen atoms in total. The number of H-pyrrole nitrogens is 2. The molecule has 0 amide bonds. The molecule has 3 rings (SSSR count). The molecule has 2 aromatic rings. The van der Waals surface area contributed by atoms with E-state index < -0.39 is 11.5 Å². The lowest BCUT2D eigenvalue weighted by Gasteiger charge is -2.04. The molecule has 0 atom stereocenters. The van der Waals surface area contributed by atoms with Gasteiger partial charge in [-0.25, -0.2) is 9.79 Å². The third-order valence-electron chi connectivity index (χ3n) is 3.31. The van der Waals surface area contributed by atoms with Gasteiger partial charge in [0, 0.05) is 11.1 Å². The molecule has 0 aliphatic carbocycles. The second kappa shape index (κ2) is 5.65. The van der Waals surface area contributed by atoms with Crippen molar-refractivity contribution in [3.63, 3.8) is 0 Å². The molecule has 0 bridgehead atoms. The van der Waals surface area contributed by atoms with Crippen LogP contribution in [0.5, 0.6) is 5.88 Å². The Bertz CT molecular complexity index is 985. The number of rotatable bonds is 2. The number of nitrogens with zero attached hydrogens (tertiary/aromatic N) is 1. The van der Waals surface area contributed by atoms with E-state index in [9.17, 15) is 14.7 Å². The number of para-hydroxylation sites is 1. The maximum Gasteiger partial charge on any atom is 0.357 e. The van der Waals surface area contributed by atoms with Crippen molar-refractivity contribution in [1.82, 2.24) is 9.97 Å². The standard InChI is InChI=1S/C15H11N3O4S/c1-22-14(21)11-8(7-4-2-3-5-10(7)16-11)6-9-12(19)17-15(23)18-13(9)20/h2-6H,1H3,(H3,17,18,19,20,23)/b8-6+. The summed E-state index contributed by atoms with van der Waals surface area (Å²) < 4.78 is 4.73. The number of esters is 1. The van der Waals surface area contributed by atoms with Crippen molar-refractivity contribution in [2.24, 2.45) is 4.99 Å². The van der Waals surface area contributed by atoms with Crippen LogP contribution < -0.4 is 5.56 Å². The van der Waals surface area contributed by atoms with Gasteiger partial charge >= 0.3 is 5.97 Å². The second-order valence-corrected chi connectivity index (χ2v) is 5.11. The Morgan fingerprint density at radius 3 is 2.78 bits per heavy atom. The summed E-state index contributed by atoms with van der Waals surface area (Å²) in [6.07, 6.45) is 1.38. The monoisotopic (exact) mass is 329 g/mol. The fourth-order valence-electron chi connectivity index (χ4n) is 2.27. The van der Waals surface area contributed by atoms with E-state index in [2.05, 4.69) is 15.0 Å². The molecule has 1 aromatic carbocycles. The Balaban J connectivity index is 2.24. The minimum atomic E-state index is -0.632. The maximum atomic E-state index is 12.0. The van der Waals surface area contributed by atoms with Crippen LogP contribution >= 0.6 is 12.2 Å². The minimum Gasteiger partial charge on any atom is -0.494 e. The lowest BCUT2D eigenvalue weighted by atomic mass is 10.0. The number of aromatic hydroxyl groups is 1. The summed E-state index contributed by atoms with van der Waals surface area (Å²) >= 11 is 4.79. The molecule has 0 spiro atoms. The van der Waals surface area contributed by atoms with Gasteiger partial charge in [0.2, 0.25) is 5.88 Å². The molecule has 1 aliphatic heterocycles. The molecular weight excluding hydrogens is 318 g/mol. The molecule has 1 aliphatic rings. The molecule has 2 heterocycles. The first-order chi connectivity index (χ1) is 11.0. The Morgan fingerprint density at radius 2 is 2.09 bits per heavy atom. The SMILES string of the molecule is COC(=O)C1=Nc2ccccc2/C1=C\c1c(O)[nH]c(=S)[nH]c1=O. The lowest BCUT2D eigenvalue weighted by molar-refractivity contribution is -0.132. The third-order valence-corrected chi connectivity index (χ3v) is 3.51. The fourth-order valence-corrected chi connectivity index (χ4v) is 2.46. The molecule has 0 saturated carbocycles. The van der Waals surface area contributed by atoms with Crippen LogP contribution in [-0.4, -0.2) is 33.9 Å². The van der Waals surface area contributed by atoms with Crippen molar-refractivity contribution >= 4 is 41.2 Å². The molecule has 0 radical (unpaired) electrons. The summed E-state index contributed by atoms with van der Waals surface area (Å²) in [5.74, 6) is -1.02. The molecule has 1 aromatic heterocycles. The van der Waals surface area contributed by atoms with Crippen molar-refractivity contribution < 1.29 is 14.6 Å². The molecular formula is C15H11N3O4S. The summed E-state index contributed by atoms with van der Waals surface area (Å²) in [6, 6.07) is 7.06. The first-order valence-corrected chi connectivity index (χ1v) is 6.96. The number of benzene rings is 1. The van der Waals surface area contributed by atoms with Crippen LogP contribution in [0.2, 0.25) is 0 Å². The number of ether oxygens (including phenoxy) is 1. The highest BCUT2D eigenvalue weighted by atomic mass is 32.1. The summed E-state index contributed by atoms with van der Waals surface area (Å²) in [6.45, 7) is 0. The van der Waals surface area contributed by atoms with Crippen molar-refractivity contribution in [2.75, 3.05) is 7.11 Å². The smallest absolute Gasteiger partial charge is 0.357 e. The normalized spacial score (nSPS) is 14.5. The highest BCUT2D eigenvalue weighted by Crippen LogP contribution is 2.36. The number of aromatic amines is 2.